The summed E-state index contributed by atoms with van der Waals surface area (Å²) in [5, 5.41) is 8.21. The SMILES string of the molecule is CC(=O)Nc1ccc(NC(=O)CSCC(=O)Nc2cccc(C)c2)cc1. The molecule has 3 N–H and O–H groups in total. The van der Waals surface area contributed by atoms with Crippen LogP contribution in [0.4, 0.5) is 17.1 Å². The predicted octanol–water partition coefficient (Wildman–Crippen LogP) is 3.26. The van der Waals surface area contributed by atoms with Gasteiger partial charge in [-0.05, 0) is 48.9 Å². The lowest BCUT2D eigenvalue weighted by molar-refractivity contribution is -0.115. The van der Waals surface area contributed by atoms with Gasteiger partial charge in [-0.1, -0.05) is 12.1 Å². The smallest absolute Gasteiger partial charge is 0.234 e. The number of nitrogens with one attached hydrogen (secondary N) is 3. The topological polar surface area (TPSA) is 87.3 Å². The molecule has 0 aliphatic rings. The minimum absolute atomic E-state index is 0.145. The molecular weight excluding hydrogens is 350 g/mol. The summed E-state index contributed by atoms with van der Waals surface area (Å²) < 4.78 is 0. The van der Waals surface area contributed by atoms with Crippen molar-refractivity contribution >= 4 is 46.5 Å². The van der Waals surface area contributed by atoms with E-state index in [4.69, 9.17) is 0 Å². The van der Waals surface area contributed by atoms with Crippen molar-refractivity contribution in [3.05, 3.63) is 54.1 Å². The van der Waals surface area contributed by atoms with E-state index in [0.29, 0.717) is 11.4 Å². The fraction of sp³-hybridized carbons (Fsp3) is 0.211. The highest BCUT2D eigenvalue weighted by molar-refractivity contribution is 8.00. The van der Waals surface area contributed by atoms with Crippen LogP contribution in [0, 0.1) is 6.92 Å². The summed E-state index contributed by atoms with van der Waals surface area (Å²) in [5.41, 5.74) is 3.12. The molecule has 7 heteroatoms. The Morgan fingerprint density at radius 1 is 0.808 bits per heavy atom. The average molecular weight is 371 g/mol. The Balaban J connectivity index is 1.71. The molecule has 26 heavy (non-hydrogen) atoms. The maximum absolute atomic E-state index is 11.9. The fourth-order valence-corrected chi connectivity index (χ4v) is 2.81. The van der Waals surface area contributed by atoms with Crippen molar-refractivity contribution in [1.29, 1.82) is 0 Å². The molecule has 136 valence electrons. The van der Waals surface area contributed by atoms with Gasteiger partial charge in [0.05, 0.1) is 11.5 Å². The third kappa shape index (κ3) is 6.98. The maximum Gasteiger partial charge on any atom is 0.234 e. The molecule has 6 nitrogen and oxygen atoms in total. The van der Waals surface area contributed by atoms with Gasteiger partial charge < -0.3 is 16.0 Å². The van der Waals surface area contributed by atoms with Crippen LogP contribution in [0.5, 0.6) is 0 Å². The van der Waals surface area contributed by atoms with Gasteiger partial charge in [0, 0.05) is 24.0 Å². The molecule has 0 heterocycles. The van der Waals surface area contributed by atoms with Gasteiger partial charge in [0.15, 0.2) is 0 Å². The van der Waals surface area contributed by atoms with E-state index >= 15 is 0 Å². The van der Waals surface area contributed by atoms with Gasteiger partial charge >= 0.3 is 0 Å². The highest BCUT2D eigenvalue weighted by Crippen LogP contribution is 2.14. The van der Waals surface area contributed by atoms with Crippen molar-refractivity contribution in [2.24, 2.45) is 0 Å². The Morgan fingerprint density at radius 3 is 1.88 bits per heavy atom. The first-order valence-corrected chi connectivity index (χ1v) is 9.19. The van der Waals surface area contributed by atoms with E-state index in [1.165, 1.54) is 18.7 Å². The Kier molecular flexibility index (Phi) is 7.23. The largest absolute Gasteiger partial charge is 0.326 e. The Hall–Kier alpha value is -2.80. The molecular formula is C19H21N3O3S. The first-order chi connectivity index (χ1) is 12.4. The number of hydrogen-bond acceptors (Lipinski definition) is 4. The first kappa shape index (κ1) is 19.5. The number of amides is 3. The summed E-state index contributed by atoms with van der Waals surface area (Å²) in [6, 6.07) is 14.4. The number of carbonyl (C=O) groups excluding carboxylic acids is 3. The minimum atomic E-state index is -0.189. The van der Waals surface area contributed by atoms with E-state index in [0.717, 1.165) is 11.3 Å². The highest BCUT2D eigenvalue weighted by Gasteiger charge is 2.07. The van der Waals surface area contributed by atoms with Gasteiger partial charge in [-0.2, -0.15) is 0 Å². The van der Waals surface area contributed by atoms with Crippen LogP contribution in [-0.4, -0.2) is 29.2 Å². The van der Waals surface area contributed by atoms with Gasteiger partial charge in [0.25, 0.3) is 0 Å². The summed E-state index contributed by atoms with van der Waals surface area (Å²) in [6.07, 6.45) is 0. The zero-order chi connectivity index (χ0) is 18.9. The molecule has 2 rings (SSSR count). The van der Waals surface area contributed by atoms with Crippen LogP contribution in [0.2, 0.25) is 0 Å². The van der Waals surface area contributed by atoms with Gasteiger partial charge in [0.2, 0.25) is 17.7 Å². The molecule has 0 radical (unpaired) electrons. The summed E-state index contributed by atoms with van der Waals surface area (Å²) in [5.74, 6) is -0.113. The van der Waals surface area contributed by atoms with Crippen LogP contribution in [-0.2, 0) is 14.4 Å². The molecule has 0 unspecified atom stereocenters. The normalized spacial score (nSPS) is 10.1. The number of carbonyl (C=O) groups is 3. The van der Waals surface area contributed by atoms with Crippen molar-refractivity contribution in [2.45, 2.75) is 13.8 Å². The van der Waals surface area contributed by atoms with Gasteiger partial charge in [-0.3, -0.25) is 14.4 Å². The summed E-state index contributed by atoms with van der Waals surface area (Å²) in [7, 11) is 0. The fourth-order valence-electron chi connectivity index (χ4n) is 2.19. The monoisotopic (exact) mass is 371 g/mol. The Bertz CT molecular complexity index is 791. The second-order valence-corrected chi connectivity index (χ2v) is 6.70. The summed E-state index contributed by atoms with van der Waals surface area (Å²) in [6.45, 7) is 3.39. The second-order valence-electron chi connectivity index (χ2n) is 5.72. The number of anilines is 3. The lowest BCUT2D eigenvalue weighted by Gasteiger charge is -2.08. The third-order valence-corrected chi connectivity index (χ3v) is 4.19. The summed E-state index contributed by atoms with van der Waals surface area (Å²) in [4.78, 5) is 34.8. The predicted molar refractivity (Wildman–Crippen MR) is 107 cm³/mol. The van der Waals surface area contributed by atoms with E-state index < -0.39 is 0 Å². The molecule has 0 aromatic heterocycles. The van der Waals surface area contributed by atoms with E-state index in [9.17, 15) is 14.4 Å². The zero-order valence-electron chi connectivity index (χ0n) is 14.7. The van der Waals surface area contributed by atoms with Crippen LogP contribution in [0.1, 0.15) is 12.5 Å². The van der Waals surface area contributed by atoms with Crippen molar-refractivity contribution in [1.82, 2.24) is 0 Å². The van der Waals surface area contributed by atoms with Gasteiger partial charge in [0.1, 0.15) is 0 Å². The molecule has 0 saturated carbocycles. The number of rotatable bonds is 7. The van der Waals surface area contributed by atoms with Crippen LogP contribution in [0.3, 0.4) is 0 Å². The molecule has 3 amide bonds. The molecule has 0 saturated heterocycles. The van der Waals surface area contributed by atoms with Crippen molar-refractivity contribution < 1.29 is 14.4 Å². The lowest BCUT2D eigenvalue weighted by Crippen LogP contribution is -2.18. The van der Waals surface area contributed by atoms with Crippen LogP contribution >= 0.6 is 11.8 Å². The second kappa shape index (κ2) is 9.62. The van der Waals surface area contributed by atoms with Gasteiger partial charge in [-0.25, -0.2) is 0 Å². The van der Waals surface area contributed by atoms with Crippen LogP contribution in [0.15, 0.2) is 48.5 Å². The number of aryl methyl sites for hydroxylation is 1. The first-order valence-electron chi connectivity index (χ1n) is 8.04. The molecule has 0 fully saturated rings. The standard InChI is InChI=1S/C19H21N3O3S/c1-13-4-3-5-17(10-13)22-19(25)12-26-11-18(24)21-16-8-6-15(7-9-16)20-14(2)23/h3-10H,11-12H2,1-2H3,(H,20,23)(H,21,24)(H,22,25). The molecule has 0 aliphatic heterocycles. The van der Waals surface area contributed by atoms with Crippen molar-refractivity contribution in [3.63, 3.8) is 0 Å². The van der Waals surface area contributed by atoms with E-state index in [-0.39, 0.29) is 29.2 Å². The van der Waals surface area contributed by atoms with Crippen LogP contribution < -0.4 is 16.0 Å². The van der Waals surface area contributed by atoms with E-state index in [1.807, 2.05) is 31.2 Å². The highest BCUT2D eigenvalue weighted by atomic mass is 32.2. The Morgan fingerprint density at radius 2 is 1.35 bits per heavy atom. The molecule has 0 bridgehead atoms. The van der Waals surface area contributed by atoms with Gasteiger partial charge in [-0.15, -0.1) is 11.8 Å². The number of benzene rings is 2. The molecule has 2 aromatic rings. The number of hydrogen-bond donors (Lipinski definition) is 3. The van der Waals surface area contributed by atoms with Crippen molar-refractivity contribution in [3.8, 4) is 0 Å². The average Bonchev–Trinajstić information content (AvgIpc) is 2.56. The molecule has 0 atom stereocenters. The van der Waals surface area contributed by atoms with E-state index in [2.05, 4.69) is 16.0 Å². The minimum Gasteiger partial charge on any atom is -0.326 e. The Labute approximate surface area is 156 Å². The summed E-state index contributed by atoms with van der Waals surface area (Å²) >= 11 is 1.24. The lowest BCUT2D eigenvalue weighted by atomic mass is 10.2. The third-order valence-electron chi connectivity index (χ3n) is 3.26. The number of thioether (sulfide) groups is 1. The molecule has 0 spiro atoms. The molecule has 2 aromatic carbocycles. The maximum atomic E-state index is 11.9. The van der Waals surface area contributed by atoms with Crippen LogP contribution in [0.25, 0.3) is 0 Å². The quantitative estimate of drug-likeness (QED) is 0.697. The molecule has 0 aliphatic carbocycles. The van der Waals surface area contributed by atoms with E-state index in [1.54, 1.807) is 24.3 Å². The van der Waals surface area contributed by atoms with Crippen molar-refractivity contribution in [2.75, 3.05) is 27.5 Å². The zero-order valence-corrected chi connectivity index (χ0v) is 15.5.